The predicted octanol–water partition coefficient (Wildman–Crippen LogP) is 2.99. The molecule has 0 bridgehead atoms. The summed E-state index contributed by atoms with van der Waals surface area (Å²) in [6.07, 6.45) is 1.38. The maximum atomic E-state index is 12.1. The van der Waals surface area contributed by atoms with Crippen molar-refractivity contribution in [2.45, 2.75) is 6.92 Å². The van der Waals surface area contributed by atoms with E-state index in [-0.39, 0.29) is 5.76 Å². The summed E-state index contributed by atoms with van der Waals surface area (Å²) in [4.78, 5) is 36.0. The predicted molar refractivity (Wildman–Crippen MR) is 112 cm³/mol. The van der Waals surface area contributed by atoms with Crippen LogP contribution in [0.15, 0.2) is 76.4 Å². The lowest BCUT2D eigenvalue weighted by Crippen LogP contribution is -2.33. The highest BCUT2D eigenvalue weighted by Crippen LogP contribution is 2.22. The van der Waals surface area contributed by atoms with E-state index in [9.17, 15) is 14.4 Å². The lowest BCUT2D eigenvalue weighted by Gasteiger charge is -2.09. The number of carbonyl (C=O) groups is 3. The Morgan fingerprint density at radius 2 is 1.68 bits per heavy atom. The van der Waals surface area contributed by atoms with Gasteiger partial charge in [-0.1, -0.05) is 12.1 Å². The summed E-state index contributed by atoms with van der Waals surface area (Å²) in [5.41, 5.74) is 3.67. The molecular formula is C22H19N3O6. The van der Waals surface area contributed by atoms with Gasteiger partial charge in [0, 0.05) is 0 Å². The summed E-state index contributed by atoms with van der Waals surface area (Å²) < 4.78 is 15.3. The summed E-state index contributed by atoms with van der Waals surface area (Å²) in [6.45, 7) is 1.66. The molecule has 2 aromatic carbocycles. The minimum absolute atomic E-state index is 0.0935. The second-order valence-electron chi connectivity index (χ2n) is 6.18. The van der Waals surface area contributed by atoms with E-state index >= 15 is 0 Å². The molecular weight excluding hydrogens is 402 g/mol. The molecule has 9 heteroatoms. The molecule has 158 valence electrons. The molecule has 1 heterocycles. The Morgan fingerprint density at radius 1 is 0.935 bits per heavy atom. The van der Waals surface area contributed by atoms with Crippen LogP contribution in [0.2, 0.25) is 0 Å². The van der Waals surface area contributed by atoms with E-state index in [1.54, 1.807) is 61.5 Å². The van der Waals surface area contributed by atoms with Crippen LogP contribution in [0.3, 0.4) is 0 Å². The number of methoxy groups -OCH3 is 1. The molecule has 0 atom stereocenters. The van der Waals surface area contributed by atoms with Crippen LogP contribution in [-0.4, -0.2) is 30.6 Å². The number of amides is 2. The smallest absolute Gasteiger partial charge is 0.379 e. The van der Waals surface area contributed by atoms with Crippen LogP contribution in [0.25, 0.3) is 0 Å². The van der Waals surface area contributed by atoms with Crippen molar-refractivity contribution in [2.75, 3.05) is 12.4 Å². The minimum atomic E-state index is -0.936. The van der Waals surface area contributed by atoms with Crippen molar-refractivity contribution in [1.82, 2.24) is 5.43 Å². The van der Waals surface area contributed by atoms with E-state index in [4.69, 9.17) is 13.9 Å². The average molecular weight is 421 g/mol. The SMILES string of the molecule is COc1ccccc1NC(=O)C(=O)NN=C(C)c1ccc(OC(=O)c2ccco2)cc1. The molecule has 0 unspecified atom stereocenters. The quantitative estimate of drug-likeness (QED) is 0.208. The maximum absolute atomic E-state index is 12.1. The Labute approximate surface area is 177 Å². The largest absolute Gasteiger partial charge is 0.495 e. The molecule has 2 N–H and O–H groups in total. The van der Waals surface area contributed by atoms with Crippen molar-refractivity contribution in [3.8, 4) is 11.5 Å². The molecule has 0 radical (unpaired) electrons. The molecule has 3 aromatic rings. The second kappa shape index (κ2) is 9.88. The van der Waals surface area contributed by atoms with Gasteiger partial charge in [-0.2, -0.15) is 5.10 Å². The monoisotopic (exact) mass is 421 g/mol. The van der Waals surface area contributed by atoms with E-state index in [0.717, 1.165) is 0 Å². The Balaban J connectivity index is 1.57. The van der Waals surface area contributed by atoms with E-state index in [1.165, 1.54) is 19.4 Å². The number of benzene rings is 2. The standard InChI is InChI=1S/C22H19N3O6/c1-14(15-9-11-16(12-10-15)31-22(28)19-8-5-13-30-19)24-25-21(27)20(26)23-17-6-3-4-7-18(17)29-2/h3-13H,1-2H3,(H,23,26)(H,25,27). The third-order valence-corrected chi connectivity index (χ3v) is 4.09. The zero-order valence-corrected chi connectivity index (χ0v) is 16.7. The van der Waals surface area contributed by atoms with Crippen molar-refractivity contribution in [1.29, 1.82) is 0 Å². The van der Waals surface area contributed by atoms with Crippen molar-refractivity contribution in [3.05, 3.63) is 78.3 Å². The molecule has 2 amide bonds. The minimum Gasteiger partial charge on any atom is -0.495 e. The van der Waals surface area contributed by atoms with Gasteiger partial charge in [-0.15, -0.1) is 0 Å². The number of anilines is 1. The first-order chi connectivity index (χ1) is 15.0. The zero-order chi connectivity index (χ0) is 22.2. The number of esters is 1. The van der Waals surface area contributed by atoms with Crippen LogP contribution in [0, 0.1) is 0 Å². The Morgan fingerprint density at radius 3 is 2.35 bits per heavy atom. The van der Waals surface area contributed by atoms with Crippen molar-refractivity contribution >= 4 is 29.2 Å². The Kier molecular flexibility index (Phi) is 6.79. The van der Waals surface area contributed by atoms with Gasteiger partial charge in [0.2, 0.25) is 5.76 Å². The highest BCUT2D eigenvalue weighted by Gasteiger charge is 2.15. The van der Waals surface area contributed by atoms with Crippen LogP contribution in [0.1, 0.15) is 23.0 Å². The number of ether oxygens (including phenoxy) is 2. The van der Waals surface area contributed by atoms with Gasteiger partial charge in [-0.05, 0) is 61.0 Å². The number of furan rings is 1. The summed E-state index contributed by atoms with van der Waals surface area (Å²) in [7, 11) is 1.46. The Hall–Kier alpha value is -4.40. The number of hydrazone groups is 1. The number of nitrogens with zero attached hydrogens (tertiary/aromatic N) is 1. The fourth-order valence-electron chi connectivity index (χ4n) is 2.49. The number of para-hydroxylation sites is 2. The number of carbonyl (C=O) groups excluding carboxylic acids is 3. The van der Waals surface area contributed by atoms with Crippen LogP contribution in [0.5, 0.6) is 11.5 Å². The molecule has 0 aliphatic rings. The average Bonchev–Trinajstić information content (AvgIpc) is 3.33. The van der Waals surface area contributed by atoms with Gasteiger partial charge in [0.15, 0.2) is 0 Å². The highest BCUT2D eigenvalue weighted by molar-refractivity contribution is 6.39. The topological polar surface area (TPSA) is 119 Å². The van der Waals surface area contributed by atoms with Crippen molar-refractivity contribution < 1.29 is 28.3 Å². The summed E-state index contributed by atoms with van der Waals surface area (Å²) >= 11 is 0. The van der Waals surface area contributed by atoms with E-state index in [1.807, 2.05) is 0 Å². The molecule has 3 rings (SSSR count). The molecule has 0 aliphatic heterocycles. The van der Waals surface area contributed by atoms with Gasteiger partial charge in [0.1, 0.15) is 11.5 Å². The number of hydrogen-bond acceptors (Lipinski definition) is 7. The lowest BCUT2D eigenvalue weighted by molar-refractivity contribution is -0.136. The molecule has 0 spiro atoms. The first-order valence-corrected chi connectivity index (χ1v) is 9.12. The van der Waals surface area contributed by atoms with Crippen LogP contribution in [0.4, 0.5) is 5.69 Å². The molecule has 0 fully saturated rings. The van der Waals surface area contributed by atoms with Gasteiger partial charge in [-0.3, -0.25) is 9.59 Å². The number of nitrogens with one attached hydrogen (secondary N) is 2. The third kappa shape index (κ3) is 5.57. The van der Waals surface area contributed by atoms with Crippen LogP contribution >= 0.6 is 0 Å². The Bertz CT molecular complexity index is 1100. The van der Waals surface area contributed by atoms with E-state index < -0.39 is 17.8 Å². The van der Waals surface area contributed by atoms with Gasteiger partial charge < -0.3 is 19.2 Å². The van der Waals surface area contributed by atoms with Gasteiger partial charge >= 0.3 is 17.8 Å². The van der Waals surface area contributed by atoms with Gasteiger partial charge in [0.05, 0.1) is 24.8 Å². The summed E-state index contributed by atoms with van der Waals surface area (Å²) in [5, 5.41) is 6.39. The highest BCUT2D eigenvalue weighted by atomic mass is 16.5. The zero-order valence-electron chi connectivity index (χ0n) is 16.7. The molecule has 0 aliphatic carbocycles. The fourth-order valence-corrected chi connectivity index (χ4v) is 2.49. The van der Waals surface area contributed by atoms with E-state index in [2.05, 4.69) is 15.8 Å². The molecule has 9 nitrogen and oxygen atoms in total. The second-order valence-corrected chi connectivity index (χ2v) is 6.18. The summed E-state index contributed by atoms with van der Waals surface area (Å²) in [6, 6.07) is 16.3. The van der Waals surface area contributed by atoms with Crippen molar-refractivity contribution in [2.24, 2.45) is 5.10 Å². The van der Waals surface area contributed by atoms with Crippen LogP contribution in [-0.2, 0) is 9.59 Å². The fraction of sp³-hybridized carbons (Fsp3) is 0.0909. The van der Waals surface area contributed by atoms with Gasteiger partial charge in [0.25, 0.3) is 0 Å². The third-order valence-electron chi connectivity index (χ3n) is 4.09. The number of rotatable bonds is 6. The normalized spacial score (nSPS) is 10.8. The van der Waals surface area contributed by atoms with Crippen molar-refractivity contribution in [3.63, 3.8) is 0 Å². The first-order valence-electron chi connectivity index (χ1n) is 9.12. The maximum Gasteiger partial charge on any atom is 0.379 e. The lowest BCUT2D eigenvalue weighted by atomic mass is 10.1. The van der Waals surface area contributed by atoms with Gasteiger partial charge in [-0.25, -0.2) is 10.2 Å². The number of hydrogen-bond donors (Lipinski definition) is 2. The molecule has 0 saturated carbocycles. The molecule has 31 heavy (non-hydrogen) atoms. The molecule has 1 aromatic heterocycles. The molecule has 0 saturated heterocycles. The van der Waals surface area contributed by atoms with Crippen LogP contribution < -0.4 is 20.2 Å². The first kappa shape index (κ1) is 21.3. The summed E-state index contributed by atoms with van der Waals surface area (Å²) in [5.74, 6) is -1.60. The van der Waals surface area contributed by atoms with E-state index in [0.29, 0.717) is 28.5 Å².